The van der Waals surface area contributed by atoms with Gasteiger partial charge in [0.25, 0.3) is 11.8 Å². The Bertz CT molecular complexity index is 1140. The van der Waals surface area contributed by atoms with Crippen LogP contribution in [0, 0.1) is 12.3 Å². The molecule has 0 atom stereocenters. The van der Waals surface area contributed by atoms with Crippen LogP contribution in [0.2, 0.25) is 0 Å². The maximum Gasteiger partial charge on any atom is 0.275 e. The fourth-order valence-corrected chi connectivity index (χ4v) is 4.56. The molecular weight excluding hydrogens is 492 g/mol. The molecule has 2 aliphatic rings. The molecule has 10 nitrogen and oxygen atoms in total. The summed E-state index contributed by atoms with van der Waals surface area (Å²) in [5.41, 5.74) is 3.69. The third-order valence-electron chi connectivity index (χ3n) is 6.57. The Morgan fingerprint density at radius 3 is 2.23 bits per heavy atom. The lowest BCUT2D eigenvalue weighted by atomic mass is 10.1. The summed E-state index contributed by atoms with van der Waals surface area (Å²) in [4.78, 5) is 30.2. The van der Waals surface area contributed by atoms with Crippen LogP contribution >= 0.6 is 0 Å². The Labute approximate surface area is 234 Å². The highest BCUT2D eigenvalue weighted by Crippen LogP contribution is 2.20. The van der Waals surface area contributed by atoms with Crippen molar-refractivity contribution in [2.24, 2.45) is 0 Å². The number of amides is 2. The maximum absolute atomic E-state index is 12.1. The van der Waals surface area contributed by atoms with Crippen molar-refractivity contribution < 1.29 is 9.59 Å². The Kier molecular flexibility index (Phi) is 12.2. The van der Waals surface area contributed by atoms with Gasteiger partial charge < -0.3 is 15.1 Å². The largest absolute Gasteiger partial charge is 0.348 e. The molecular formula is C29H48N8O2. The minimum Gasteiger partial charge on any atom is -0.348 e. The van der Waals surface area contributed by atoms with Crippen molar-refractivity contribution in [1.82, 2.24) is 39.6 Å². The zero-order valence-electron chi connectivity index (χ0n) is 25.4. The number of carbonyl (C=O) groups is 2. The lowest BCUT2D eigenvalue weighted by Gasteiger charge is -2.23. The van der Waals surface area contributed by atoms with E-state index in [0.29, 0.717) is 23.0 Å². The van der Waals surface area contributed by atoms with E-state index in [1.165, 1.54) is 4.90 Å². The molecule has 0 saturated heterocycles. The number of nitrogens with zero attached hydrogens (tertiary/aromatic N) is 7. The van der Waals surface area contributed by atoms with Crippen LogP contribution in [-0.4, -0.2) is 92.4 Å². The van der Waals surface area contributed by atoms with Crippen molar-refractivity contribution in [2.75, 3.05) is 34.2 Å². The van der Waals surface area contributed by atoms with Gasteiger partial charge in [0.05, 0.1) is 17.0 Å². The van der Waals surface area contributed by atoms with Crippen LogP contribution in [0.1, 0.15) is 92.3 Å². The van der Waals surface area contributed by atoms with Crippen LogP contribution in [-0.2, 0) is 26.2 Å². The summed E-state index contributed by atoms with van der Waals surface area (Å²) in [6.45, 7) is 17.8. The summed E-state index contributed by atoms with van der Waals surface area (Å²) in [5.74, 6) is 2.42. The van der Waals surface area contributed by atoms with Gasteiger partial charge in [-0.15, -0.1) is 6.42 Å². The summed E-state index contributed by atoms with van der Waals surface area (Å²) >= 11 is 0. The number of rotatable bonds is 4. The van der Waals surface area contributed by atoms with Crippen LogP contribution in [0.15, 0.2) is 6.07 Å². The molecule has 0 fully saturated rings. The van der Waals surface area contributed by atoms with E-state index in [-0.39, 0.29) is 17.9 Å². The van der Waals surface area contributed by atoms with Gasteiger partial charge in [-0.25, -0.2) is 0 Å². The van der Waals surface area contributed by atoms with Gasteiger partial charge >= 0.3 is 0 Å². The van der Waals surface area contributed by atoms with Crippen molar-refractivity contribution in [3.8, 4) is 12.3 Å². The Hall–Kier alpha value is -3.16. The highest BCUT2D eigenvalue weighted by atomic mass is 16.2. The number of hydrogen-bond acceptors (Lipinski definition) is 6. The fourth-order valence-electron chi connectivity index (χ4n) is 4.56. The summed E-state index contributed by atoms with van der Waals surface area (Å²) in [5, 5.41) is 11.7. The molecule has 0 aromatic carbocycles. The average Bonchev–Trinajstić information content (AvgIpc) is 3.30. The van der Waals surface area contributed by atoms with Crippen LogP contribution in [0.25, 0.3) is 0 Å². The summed E-state index contributed by atoms with van der Waals surface area (Å²) in [6, 6.07) is 2.59. The first-order chi connectivity index (χ1) is 18.5. The quantitative estimate of drug-likeness (QED) is 0.600. The fraction of sp³-hybridized carbons (Fsp3) is 0.655. The first-order valence-electron chi connectivity index (χ1n) is 14.1. The molecule has 2 aliphatic heterocycles. The second-order valence-corrected chi connectivity index (χ2v) is 10.6. The number of nitrogens with one attached hydrogen (secondary N) is 1. The van der Waals surface area contributed by atoms with Crippen molar-refractivity contribution >= 4 is 11.8 Å². The number of aromatic nitrogens is 4. The van der Waals surface area contributed by atoms with Crippen molar-refractivity contribution in [2.45, 2.75) is 92.6 Å². The van der Waals surface area contributed by atoms with E-state index in [1.807, 2.05) is 43.1 Å². The molecule has 0 aliphatic carbocycles. The van der Waals surface area contributed by atoms with E-state index in [4.69, 9.17) is 6.42 Å². The molecule has 0 saturated carbocycles. The molecule has 4 rings (SSSR count). The summed E-state index contributed by atoms with van der Waals surface area (Å²) in [6.07, 6.45) is 7.66. The van der Waals surface area contributed by atoms with Crippen LogP contribution in [0.4, 0.5) is 0 Å². The van der Waals surface area contributed by atoms with Gasteiger partial charge in [0.15, 0.2) is 5.69 Å². The number of hydrogen-bond donors (Lipinski definition) is 1. The number of aryl methyl sites for hydroxylation is 2. The van der Waals surface area contributed by atoms with Crippen molar-refractivity contribution in [1.29, 1.82) is 0 Å². The van der Waals surface area contributed by atoms with E-state index >= 15 is 0 Å². The molecule has 0 spiro atoms. The van der Waals surface area contributed by atoms with Gasteiger partial charge in [-0.2, -0.15) is 10.2 Å². The SMILES string of the molecule is C#Cc1c(C(=O)N(C)C)nn2c1CN(C)CCC2.CC.CC(C)NC(=O)c1cc2n(n1)CCCN(C(C)C)C2. The lowest BCUT2D eigenvalue weighted by Crippen LogP contribution is -2.31. The first kappa shape index (κ1) is 32.1. The zero-order valence-corrected chi connectivity index (χ0v) is 25.4. The van der Waals surface area contributed by atoms with E-state index in [2.05, 4.69) is 52.1 Å². The molecule has 0 bridgehead atoms. The Morgan fingerprint density at radius 2 is 1.64 bits per heavy atom. The number of fused-ring (bicyclic) bond motifs is 2. The van der Waals surface area contributed by atoms with Gasteiger partial charge in [0.1, 0.15) is 5.69 Å². The van der Waals surface area contributed by atoms with Crippen molar-refractivity contribution in [3.05, 3.63) is 34.4 Å². The minimum atomic E-state index is -0.133. The van der Waals surface area contributed by atoms with Gasteiger partial charge in [-0.1, -0.05) is 19.8 Å². The minimum absolute atomic E-state index is 0.0772. The van der Waals surface area contributed by atoms with Gasteiger partial charge in [-0.3, -0.25) is 23.9 Å². The highest BCUT2D eigenvalue weighted by molar-refractivity contribution is 5.94. The predicted molar refractivity (Wildman–Crippen MR) is 155 cm³/mol. The zero-order chi connectivity index (χ0) is 29.3. The molecule has 2 amide bonds. The molecule has 0 radical (unpaired) electrons. The molecule has 10 heteroatoms. The summed E-state index contributed by atoms with van der Waals surface area (Å²) < 4.78 is 3.87. The van der Waals surface area contributed by atoms with Crippen LogP contribution < -0.4 is 5.32 Å². The van der Waals surface area contributed by atoms with Gasteiger partial charge in [0, 0.05) is 65.4 Å². The first-order valence-corrected chi connectivity index (χ1v) is 14.1. The molecule has 39 heavy (non-hydrogen) atoms. The standard InChI is InChI=1S/C14H24N4O.C13H18N4O.C2H6/c1-10(2)15-14(19)13-8-12-9-17(11(3)4)6-5-7-18(12)16-13;1-5-10-11-9-16(4)7-6-8-17(11)14-12(10)13(18)15(2)3;1-2/h8,10-11H,5-7,9H2,1-4H3,(H,15,19);1H,6-9H2,2-4H3;1-2H3. The van der Waals surface area contributed by atoms with Crippen LogP contribution in [0.5, 0.6) is 0 Å². The monoisotopic (exact) mass is 540 g/mol. The highest BCUT2D eigenvalue weighted by Gasteiger charge is 2.25. The van der Waals surface area contributed by atoms with Crippen LogP contribution in [0.3, 0.4) is 0 Å². The normalized spacial score (nSPS) is 15.4. The van der Waals surface area contributed by atoms with E-state index < -0.39 is 0 Å². The molecule has 2 aromatic rings. The molecule has 4 heterocycles. The number of carbonyl (C=O) groups excluding carboxylic acids is 2. The second-order valence-electron chi connectivity index (χ2n) is 10.6. The predicted octanol–water partition coefficient (Wildman–Crippen LogP) is 3.06. The molecule has 1 N–H and O–H groups in total. The summed E-state index contributed by atoms with van der Waals surface area (Å²) in [7, 11) is 5.47. The number of terminal acetylenes is 1. The third kappa shape index (κ3) is 8.41. The van der Waals surface area contributed by atoms with E-state index in [1.54, 1.807) is 14.1 Å². The Morgan fingerprint density at radius 1 is 1.00 bits per heavy atom. The molecule has 216 valence electrons. The lowest BCUT2D eigenvalue weighted by molar-refractivity contribution is 0.0820. The maximum atomic E-state index is 12.1. The van der Waals surface area contributed by atoms with Gasteiger partial charge in [0.2, 0.25) is 0 Å². The molecule has 0 unspecified atom stereocenters. The van der Waals surface area contributed by atoms with E-state index in [0.717, 1.165) is 63.5 Å². The topological polar surface area (TPSA) is 91.5 Å². The van der Waals surface area contributed by atoms with Crippen molar-refractivity contribution in [3.63, 3.8) is 0 Å². The molecule has 2 aromatic heterocycles. The average molecular weight is 541 g/mol. The van der Waals surface area contributed by atoms with Gasteiger partial charge in [-0.05, 0) is 53.7 Å². The third-order valence-corrected chi connectivity index (χ3v) is 6.57. The second kappa shape index (κ2) is 14.8. The Balaban J connectivity index is 0.000000258. The smallest absolute Gasteiger partial charge is 0.275 e. The van der Waals surface area contributed by atoms with E-state index in [9.17, 15) is 9.59 Å².